The Morgan fingerprint density at radius 3 is 3.00 bits per heavy atom. The van der Waals surface area contributed by atoms with Crippen molar-refractivity contribution < 1.29 is 14.6 Å². The summed E-state index contributed by atoms with van der Waals surface area (Å²) in [5.41, 5.74) is 1.85. The molecule has 0 saturated heterocycles. The summed E-state index contributed by atoms with van der Waals surface area (Å²) >= 11 is 4.69. The molecule has 6 heteroatoms. The zero-order chi connectivity index (χ0) is 12.3. The lowest BCUT2D eigenvalue weighted by Gasteiger charge is -2.08. The van der Waals surface area contributed by atoms with Crippen molar-refractivity contribution >= 4 is 33.2 Å². The minimum atomic E-state index is -1.01. The van der Waals surface area contributed by atoms with Crippen molar-refractivity contribution in [2.24, 2.45) is 0 Å². The van der Waals surface area contributed by atoms with Gasteiger partial charge < -0.3 is 9.84 Å². The second-order valence-corrected chi connectivity index (χ2v) is 5.09. The average Bonchev–Trinajstić information content (AvgIpc) is 2.80. The molecule has 17 heavy (non-hydrogen) atoms. The second kappa shape index (κ2) is 5.29. The largest absolute Gasteiger partial charge is 0.487 e. The van der Waals surface area contributed by atoms with Crippen LogP contribution in [0.1, 0.15) is 15.2 Å². The van der Waals surface area contributed by atoms with E-state index in [0.717, 1.165) is 4.88 Å². The van der Waals surface area contributed by atoms with Crippen LogP contribution in [-0.4, -0.2) is 16.1 Å². The van der Waals surface area contributed by atoms with Gasteiger partial charge in [-0.15, -0.1) is 11.3 Å². The standard InChI is InChI=1S/C11H8BrNO3S/c12-7-1-2-10(9(3-7)11(14)15)16-5-8-4-13-6-17-8/h1-4,6H,5H2,(H,14,15). The molecule has 0 aliphatic rings. The van der Waals surface area contributed by atoms with Gasteiger partial charge in [-0.1, -0.05) is 15.9 Å². The molecule has 2 rings (SSSR count). The Labute approximate surface area is 110 Å². The molecule has 0 radical (unpaired) electrons. The Bertz CT molecular complexity index is 528. The summed E-state index contributed by atoms with van der Waals surface area (Å²) in [7, 11) is 0. The predicted octanol–water partition coefficient (Wildman–Crippen LogP) is 3.18. The van der Waals surface area contributed by atoms with E-state index in [1.54, 1.807) is 23.8 Å². The average molecular weight is 314 g/mol. The molecular formula is C11H8BrNO3S. The summed E-state index contributed by atoms with van der Waals surface area (Å²) in [5.74, 6) is -0.653. The van der Waals surface area contributed by atoms with Crippen LogP contribution >= 0.6 is 27.3 Å². The summed E-state index contributed by atoms with van der Waals surface area (Å²) in [6, 6.07) is 4.90. The number of aromatic carboxylic acids is 1. The van der Waals surface area contributed by atoms with Gasteiger partial charge in [-0.3, -0.25) is 4.98 Å². The van der Waals surface area contributed by atoms with Crippen LogP contribution in [0.25, 0.3) is 0 Å². The molecule has 1 N–H and O–H groups in total. The number of carboxylic acids is 1. The van der Waals surface area contributed by atoms with Gasteiger partial charge in [-0.25, -0.2) is 4.79 Å². The first-order valence-electron chi connectivity index (χ1n) is 4.70. The van der Waals surface area contributed by atoms with Crippen molar-refractivity contribution in [3.05, 3.63) is 44.8 Å². The highest BCUT2D eigenvalue weighted by molar-refractivity contribution is 9.10. The number of hydrogen-bond donors (Lipinski definition) is 1. The monoisotopic (exact) mass is 313 g/mol. The Morgan fingerprint density at radius 2 is 2.35 bits per heavy atom. The first-order valence-corrected chi connectivity index (χ1v) is 6.37. The number of aromatic nitrogens is 1. The minimum absolute atomic E-state index is 0.142. The van der Waals surface area contributed by atoms with Crippen LogP contribution < -0.4 is 4.74 Å². The zero-order valence-corrected chi connectivity index (χ0v) is 11.0. The van der Waals surface area contributed by atoms with E-state index in [1.807, 2.05) is 0 Å². The van der Waals surface area contributed by atoms with Crippen molar-refractivity contribution in [2.45, 2.75) is 6.61 Å². The molecule has 1 aromatic carbocycles. The molecule has 1 aromatic heterocycles. The fourth-order valence-corrected chi connectivity index (χ4v) is 2.12. The summed E-state index contributed by atoms with van der Waals surface area (Å²) in [6.45, 7) is 0.326. The number of halogens is 1. The smallest absolute Gasteiger partial charge is 0.339 e. The highest BCUT2D eigenvalue weighted by Gasteiger charge is 2.12. The summed E-state index contributed by atoms with van der Waals surface area (Å²) in [6.07, 6.45) is 1.70. The van der Waals surface area contributed by atoms with E-state index in [1.165, 1.54) is 17.4 Å². The van der Waals surface area contributed by atoms with E-state index in [-0.39, 0.29) is 5.56 Å². The Morgan fingerprint density at radius 1 is 1.53 bits per heavy atom. The van der Waals surface area contributed by atoms with Gasteiger partial charge in [0.15, 0.2) is 0 Å². The minimum Gasteiger partial charge on any atom is -0.487 e. The van der Waals surface area contributed by atoms with Crippen molar-refractivity contribution in [3.63, 3.8) is 0 Å². The molecule has 0 bridgehead atoms. The first kappa shape index (κ1) is 12.1. The lowest BCUT2D eigenvalue weighted by atomic mass is 10.2. The molecule has 0 spiro atoms. The van der Waals surface area contributed by atoms with Crippen LogP contribution in [-0.2, 0) is 6.61 Å². The second-order valence-electron chi connectivity index (χ2n) is 3.20. The van der Waals surface area contributed by atoms with Crippen LogP contribution in [0.2, 0.25) is 0 Å². The molecule has 0 fully saturated rings. The van der Waals surface area contributed by atoms with Crippen LogP contribution in [0.15, 0.2) is 34.4 Å². The summed E-state index contributed by atoms with van der Waals surface area (Å²) < 4.78 is 6.17. The SMILES string of the molecule is O=C(O)c1cc(Br)ccc1OCc1cncs1. The Balaban J connectivity index is 2.17. The fraction of sp³-hybridized carbons (Fsp3) is 0.0909. The molecule has 0 saturated carbocycles. The van der Waals surface area contributed by atoms with E-state index in [9.17, 15) is 4.79 Å². The lowest BCUT2D eigenvalue weighted by Crippen LogP contribution is -2.02. The highest BCUT2D eigenvalue weighted by atomic mass is 79.9. The molecule has 2 aromatic rings. The van der Waals surface area contributed by atoms with E-state index in [0.29, 0.717) is 16.8 Å². The van der Waals surface area contributed by atoms with E-state index >= 15 is 0 Å². The van der Waals surface area contributed by atoms with Gasteiger partial charge in [0.25, 0.3) is 0 Å². The van der Waals surface area contributed by atoms with E-state index in [2.05, 4.69) is 20.9 Å². The van der Waals surface area contributed by atoms with Gasteiger partial charge in [0.2, 0.25) is 0 Å². The first-order chi connectivity index (χ1) is 8.16. The van der Waals surface area contributed by atoms with Crippen molar-refractivity contribution in [3.8, 4) is 5.75 Å². The molecule has 1 heterocycles. The zero-order valence-electron chi connectivity index (χ0n) is 8.59. The van der Waals surface area contributed by atoms with Gasteiger partial charge in [0.1, 0.15) is 17.9 Å². The van der Waals surface area contributed by atoms with Crippen molar-refractivity contribution in [1.82, 2.24) is 4.98 Å². The highest BCUT2D eigenvalue weighted by Crippen LogP contribution is 2.24. The maximum Gasteiger partial charge on any atom is 0.339 e. The van der Waals surface area contributed by atoms with Crippen LogP contribution in [0.5, 0.6) is 5.75 Å². The van der Waals surface area contributed by atoms with Gasteiger partial charge in [0.05, 0.1) is 10.4 Å². The van der Waals surface area contributed by atoms with Gasteiger partial charge in [0, 0.05) is 10.7 Å². The number of carboxylic acid groups (broad SMARTS) is 1. The van der Waals surface area contributed by atoms with E-state index < -0.39 is 5.97 Å². The number of benzene rings is 1. The molecule has 4 nitrogen and oxygen atoms in total. The third-order valence-corrected chi connectivity index (χ3v) is 3.27. The molecular weight excluding hydrogens is 306 g/mol. The topological polar surface area (TPSA) is 59.4 Å². The van der Waals surface area contributed by atoms with Crippen LogP contribution in [0.3, 0.4) is 0 Å². The molecule has 0 aliphatic heterocycles. The summed E-state index contributed by atoms with van der Waals surface area (Å²) in [5, 5.41) is 9.04. The molecule has 88 valence electrons. The summed E-state index contributed by atoms with van der Waals surface area (Å²) in [4.78, 5) is 15.9. The van der Waals surface area contributed by atoms with Crippen LogP contribution in [0.4, 0.5) is 0 Å². The quantitative estimate of drug-likeness (QED) is 0.941. The van der Waals surface area contributed by atoms with Gasteiger partial charge in [-0.05, 0) is 18.2 Å². The normalized spacial score (nSPS) is 10.2. The number of rotatable bonds is 4. The van der Waals surface area contributed by atoms with Crippen molar-refractivity contribution in [2.75, 3.05) is 0 Å². The maximum atomic E-state index is 11.0. The van der Waals surface area contributed by atoms with Crippen molar-refractivity contribution in [1.29, 1.82) is 0 Å². The number of thiazole rings is 1. The molecule has 0 amide bonds. The number of carbonyl (C=O) groups is 1. The maximum absolute atomic E-state index is 11.0. The number of ether oxygens (including phenoxy) is 1. The van der Waals surface area contributed by atoms with Gasteiger partial charge in [-0.2, -0.15) is 0 Å². The molecule has 0 unspecified atom stereocenters. The third-order valence-electron chi connectivity index (χ3n) is 2.03. The van der Waals surface area contributed by atoms with Crippen LogP contribution in [0, 0.1) is 0 Å². The molecule has 0 atom stereocenters. The van der Waals surface area contributed by atoms with Gasteiger partial charge >= 0.3 is 5.97 Å². The number of nitrogens with zero attached hydrogens (tertiary/aromatic N) is 1. The van der Waals surface area contributed by atoms with E-state index in [4.69, 9.17) is 9.84 Å². The predicted molar refractivity (Wildman–Crippen MR) is 67.5 cm³/mol. The Kier molecular flexibility index (Phi) is 3.75. The Hall–Kier alpha value is -1.40. The number of hydrogen-bond acceptors (Lipinski definition) is 4. The third kappa shape index (κ3) is 3.04. The lowest BCUT2D eigenvalue weighted by molar-refractivity contribution is 0.0691. The fourth-order valence-electron chi connectivity index (χ4n) is 1.26. The molecule has 0 aliphatic carbocycles.